The molecule has 1 saturated heterocycles. The summed E-state index contributed by atoms with van der Waals surface area (Å²) < 4.78 is 0. The van der Waals surface area contributed by atoms with Crippen LogP contribution in [0.15, 0.2) is 0 Å². The number of carbonyl (C=O) groups excluding carboxylic acids is 1. The maximum absolute atomic E-state index is 12.2. The van der Waals surface area contributed by atoms with Gasteiger partial charge in [0.1, 0.15) is 0 Å². The molecule has 1 aliphatic heterocycles. The maximum Gasteiger partial charge on any atom is 0.224 e. The molecule has 17 heavy (non-hydrogen) atoms. The van der Waals surface area contributed by atoms with E-state index < -0.39 is 0 Å². The molecule has 5 atom stereocenters. The molecule has 0 radical (unpaired) electrons. The van der Waals surface area contributed by atoms with Crippen LogP contribution in [-0.4, -0.2) is 25.0 Å². The van der Waals surface area contributed by atoms with E-state index in [1.54, 1.807) is 0 Å². The molecular formula is C14H26N2O. The Balaban J connectivity index is 1.86. The van der Waals surface area contributed by atoms with Crippen LogP contribution in [0.2, 0.25) is 0 Å². The molecule has 0 spiro atoms. The van der Waals surface area contributed by atoms with Crippen LogP contribution in [0.3, 0.4) is 0 Å². The number of nitrogens with one attached hydrogen (secondary N) is 2. The highest BCUT2D eigenvalue weighted by atomic mass is 16.2. The molecule has 0 aromatic heterocycles. The Kier molecular flexibility index (Phi) is 4.08. The number of hydrogen-bond acceptors (Lipinski definition) is 2. The zero-order valence-corrected chi connectivity index (χ0v) is 11.3. The van der Waals surface area contributed by atoms with Crippen molar-refractivity contribution in [3.05, 3.63) is 0 Å². The first-order valence-corrected chi connectivity index (χ1v) is 7.09. The third-order valence-corrected chi connectivity index (χ3v) is 4.61. The van der Waals surface area contributed by atoms with Crippen molar-refractivity contribution in [1.82, 2.24) is 10.6 Å². The van der Waals surface area contributed by atoms with Crippen LogP contribution in [0, 0.1) is 23.7 Å². The standard InChI is InChI=1S/C14H26N2O/c1-9-4-5-13(10(2)6-9)16-14(17)12-8-15-7-11(12)3/h9-13,15H,4-8H2,1-3H3,(H,16,17)/t9?,10?,11-,12-,13?/m1/s1. The van der Waals surface area contributed by atoms with E-state index in [0.717, 1.165) is 25.4 Å². The Hall–Kier alpha value is -0.570. The third kappa shape index (κ3) is 3.01. The Morgan fingerprint density at radius 2 is 1.88 bits per heavy atom. The second kappa shape index (κ2) is 5.38. The Labute approximate surface area is 105 Å². The van der Waals surface area contributed by atoms with Gasteiger partial charge in [0.15, 0.2) is 0 Å². The lowest BCUT2D eigenvalue weighted by Crippen LogP contribution is -2.46. The van der Waals surface area contributed by atoms with E-state index in [1.165, 1.54) is 12.8 Å². The minimum absolute atomic E-state index is 0.182. The summed E-state index contributed by atoms with van der Waals surface area (Å²) in [6.07, 6.45) is 3.67. The predicted octanol–water partition coefficient (Wildman–Crippen LogP) is 1.78. The van der Waals surface area contributed by atoms with E-state index in [2.05, 4.69) is 31.4 Å². The van der Waals surface area contributed by atoms with Crippen LogP contribution in [0.25, 0.3) is 0 Å². The summed E-state index contributed by atoms with van der Waals surface area (Å²) in [5, 5.41) is 6.58. The van der Waals surface area contributed by atoms with Crippen molar-refractivity contribution in [2.45, 2.75) is 46.1 Å². The lowest BCUT2D eigenvalue weighted by molar-refractivity contribution is -0.126. The van der Waals surface area contributed by atoms with E-state index in [0.29, 0.717) is 17.9 Å². The van der Waals surface area contributed by atoms with Crippen LogP contribution >= 0.6 is 0 Å². The van der Waals surface area contributed by atoms with Gasteiger partial charge in [0.2, 0.25) is 5.91 Å². The highest BCUT2D eigenvalue weighted by molar-refractivity contribution is 5.79. The molecule has 1 saturated carbocycles. The minimum Gasteiger partial charge on any atom is -0.353 e. The highest BCUT2D eigenvalue weighted by Gasteiger charge is 2.33. The average Bonchev–Trinajstić information content (AvgIpc) is 2.68. The lowest BCUT2D eigenvalue weighted by Gasteiger charge is -2.34. The molecule has 3 heteroatoms. The van der Waals surface area contributed by atoms with Crippen LogP contribution in [0.1, 0.15) is 40.0 Å². The zero-order chi connectivity index (χ0) is 12.4. The van der Waals surface area contributed by atoms with Crippen molar-refractivity contribution < 1.29 is 4.79 Å². The van der Waals surface area contributed by atoms with Gasteiger partial charge in [-0.05, 0) is 43.6 Å². The zero-order valence-electron chi connectivity index (χ0n) is 11.3. The van der Waals surface area contributed by atoms with Gasteiger partial charge in [-0.25, -0.2) is 0 Å². The van der Waals surface area contributed by atoms with Gasteiger partial charge >= 0.3 is 0 Å². The lowest BCUT2D eigenvalue weighted by atomic mass is 9.79. The van der Waals surface area contributed by atoms with Crippen molar-refractivity contribution in [3.8, 4) is 0 Å². The van der Waals surface area contributed by atoms with Crippen molar-refractivity contribution >= 4 is 5.91 Å². The molecular weight excluding hydrogens is 212 g/mol. The highest BCUT2D eigenvalue weighted by Crippen LogP contribution is 2.29. The number of carbonyl (C=O) groups is 1. The smallest absolute Gasteiger partial charge is 0.224 e. The van der Waals surface area contributed by atoms with Crippen molar-refractivity contribution in [1.29, 1.82) is 0 Å². The molecule has 0 bridgehead atoms. The summed E-state index contributed by atoms with van der Waals surface area (Å²) in [5.74, 6) is 2.39. The van der Waals surface area contributed by atoms with Gasteiger partial charge in [-0.1, -0.05) is 20.8 Å². The van der Waals surface area contributed by atoms with Gasteiger partial charge in [0.25, 0.3) is 0 Å². The van der Waals surface area contributed by atoms with Gasteiger partial charge in [-0.3, -0.25) is 4.79 Å². The van der Waals surface area contributed by atoms with Crippen molar-refractivity contribution in [2.75, 3.05) is 13.1 Å². The molecule has 2 aliphatic rings. The fourth-order valence-electron chi connectivity index (χ4n) is 3.33. The van der Waals surface area contributed by atoms with Crippen LogP contribution in [-0.2, 0) is 4.79 Å². The van der Waals surface area contributed by atoms with E-state index in [-0.39, 0.29) is 11.8 Å². The quantitative estimate of drug-likeness (QED) is 0.770. The first kappa shape index (κ1) is 12.9. The van der Waals surface area contributed by atoms with E-state index in [9.17, 15) is 4.79 Å². The molecule has 2 rings (SSSR count). The van der Waals surface area contributed by atoms with Crippen LogP contribution in [0.4, 0.5) is 0 Å². The van der Waals surface area contributed by atoms with Crippen molar-refractivity contribution in [2.24, 2.45) is 23.7 Å². The monoisotopic (exact) mass is 238 g/mol. The molecule has 3 nitrogen and oxygen atoms in total. The molecule has 98 valence electrons. The molecule has 0 aromatic carbocycles. The molecule has 1 amide bonds. The molecule has 2 N–H and O–H groups in total. The molecule has 1 heterocycles. The summed E-state index contributed by atoms with van der Waals surface area (Å²) in [5.41, 5.74) is 0. The summed E-state index contributed by atoms with van der Waals surface area (Å²) in [6, 6.07) is 0.409. The number of rotatable bonds is 2. The maximum atomic E-state index is 12.2. The summed E-state index contributed by atoms with van der Waals surface area (Å²) in [6.45, 7) is 8.59. The second-order valence-corrected chi connectivity index (χ2v) is 6.25. The summed E-state index contributed by atoms with van der Waals surface area (Å²) >= 11 is 0. The second-order valence-electron chi connectivity index (χ2n) is 6.25. The number of amides is 1. The minimum atomic E-state index is 0.182. The largest absolute Gasteiger partial charge is 0.353 e. The SMILES string of the molecule is CC1CCC(NC(=O)[C@@H]2CNC[C@H]2C)C(C)C1. The Morgan fingerprint density at radius 3 is 2.47 bits per heavy atom. The van der Waals surface area contributed by atoms with Crippen molar-refractivity contribution in [3.63, 3.8) is 0 Å². The first-order valence-electron chi connectivity index (χ1n) is 7.09. The van der Waals surface area contributed by atoms with Gasteiger partial charge in [-0.15, -0.1) is 0 Å². The average molecular weight is 238 g/mol. The van der Waals surface area contributed by atoms with Gasteiger partial charge in [-0.2, -0.15) is 0 Å². The van der Waals surface area contributed by atoms with Crippen LogP contribution < -0.4 is 10.6 Å². The fourth-order valence-corrected chi connectivity index (χ4v) is 3.33. The summed E-state index contributed by atoms with van der Waals surface area (Å²) in [7, 11) is 0. The molecule has 3 unspecified atom stereocenters. The Bertz CT molecular complexity index is 279. The first-order chi connectivity index (χ1) is 8.08. The van der Waals surface area contributed by atoms with Gasteiger partial charge in [0.05, 0.1) is 5.92 Å². The Morgan fingerprint density at radius 1 is 1.12 bits per heavy atom. The van der Waals surface area contributed by atoms with E-state index in [4.69, 9.17) is 0 Å². The summed E-state index contributed by atoms with van der Waals surface area (Å²) in [4.78, 5) is 12.2. The molecule has 1 aliphatic carbocycles. The van der Waals surface area contributed by atoms with Gasteiger partial charge < -0.3 is 10.6 Å². The number of hydrogen-bond donors (Lipinski definition) is 2. The van der Waals surface area contributed by atoms with E-state index in [1.807, 2.05) is 0 Å². The molecule has 0 aromatic rings. The third-order valence-electron chi connectivity index (χ3n) is 4.61. The van der Waals surface area contributed by atoms with Gasteiger partial charge in [0, 0.05) is 12.6 Å². The fraction of sp³-hybridized carbons (Fsp3) is 0.929. The van der Waals surface area contributed by atoms with Crippen LogP contribution in [0.5, 0.6) is 0 Å². The molecule has 2 fully saturated rings. The predicted molar refractivity (Wildman–Crippen MR) is 69.6 cm³/mol. The van der Waals surface area contributed by atoms with E-state index >= 15 is 0 Å². The normalized spacial score (nSPS) is 42.4. The topological polar surface area (TPSA) is 41.1 Å².